The lowest BCUT2D eigenvalue weighted by molar-refractivity contribution is -0.142. The average molecular weight is 360 g/mol. The van der Waals surface area contributed by atoms with Gasteiger partial charge in [0, 0.05) is 6.04 Å². The van der Waals surface area contributed by atoms with E-state index in [4.69, 9.17) is 5.11 Å². The van der Waals surface area contributed by atoms with Crippen molar-refractivity contribution in [1.82, 2.24) is 15.1 Å². The molecule has 1 saturated carbocycles. The quantitative estimate of drug-likeness (QED) is 0.781. The first-order valence-corrected chi connectivity index (χ1v) is 8.55. The van der Waals surface area contributed by atoms with Gasteiger partial charge in [-0.3, -0.25) is 4.79 Å². The molecule has 26 heavy (non-hydrogen) atoms. The Morgan fingerprint density at radius 2 is 1.92 bits per heavy atom. The Balaban J connectivity index is 1.61. The number of carbonyl (C=O) groups excluding carboxylic acids is 1. The summed E-state index contributed by atoms with van der Waals surface area (Å²) in [6.07, 6.45) is 3.87. The number of carboxylic acid groups (broad SMARTS) is 1. The normalized spacial score (nSPS) is 19.8. The van der Waals surface area contributed by atoms with E-state index in [0.29, 0.717) is 42.8 Å². The molecule has 7 nitrogen and oxygen atoms in total. The molecule has 0 unspecified atom stereocenters. The molecule has 3 rings (SSSR count). The molecule has 0 radical (unpaired) electrons. The number of hydrogen-bond donors (Lipinski definition) is 3. The van der Waals surface area contributed by atoms with Crippen molar-refractivity contribution in [3.05, 3.63) is 42.0 Å². The van der Waals surface area contributed by atoms with Gasteiger partial charge < -0.3 is 15.7 Å². The first-order chi connectivity index (χ1) is 12.5. The number of carboxylic acids is 1. The van der Waals surface area contributed by atoms with Crippen LogP contribution in [0.5, 0.6) is 0 Å². The highest BCUT2D eigenvalue weighted by atomic mass is 19.1. The molecule has 0 atom stereocenters. The Labute approximate surface area is 150 Å². The van der Waals surface area contributed by atoms with Crippen LogP contribution in [0.4, 0.5) is 14.9 Å². The van der Waals surface area contributed by atoms with Crippen LogP contribution in [0.3, 0.4) is 0 Å². The minimum absolute atomic E-state index is 0.0486. The summed E-state index contributed by atoms with van der Waals surface area (Å²) in [5.41, 5.74) is 1.41. The Morgan fingerprint density at radius 1 is 1.23 bits per heavy atom. The molecule has 2 aromatic rings. The van der Waals surface area contributed by atoms with E-state index in [-0.39, 0.29) is 18.0 Å². The third kappa shape index (κ3) is 3.84. The van der Waals surface area contributed by atoms with Crippen molar-refractivity contribution >= 4 is 17.7 Å². The summed E-state index contributed by atoms with van der Waals surface area (Å²) in [6.45, 7) is 1.74. The minimum atomic E-state index is -0.774. The van der Waals surface area contributed by atoms with Crippen LogP contribution in [0.25, 0.3) is 5.69 Å². The molecule has 138 valence electrons. The molecule has 0 saturated heterocycles. The molecule has 0 spiro atoms. The maximum atomic E-state index is 13.9. The lowest BCUT2D eigenvalue weighted by Crippen LogP contribution is -2.41. The van der Waals surface area contributed by atoms with Gasteiger partial charge in [0.15, 0.2) is 0 Å². The van der Waals surface area contributed by atoms with E-state index >= 15 is 0 Å². The monoisotopic (exact) mass is 360 g/mol. The predicted octanol–water partition coefficient (Wildman–Crippen LogP) is 3.08. The fourth-order valence-corrected chi connectivity index (χ4v) is 3.23. The molecule has 1 fully saturated rings. The van der Waals surface area contributed by atoms with E-state index in [1.54, 1.807) is 25.1 Å². The van der Waals surface area contributed by atoms with Crippen LogP contribution < -0.4 is 10.6 Å². The smallest absolute Gasteiger partial charge is 0.319 e. The van der Waals surface area contributed by atoms with Crippen molar-refractivity contribution in [2.45, 2.75) is 38.6 Å². The maximum absolute atomic E-state index is 13.9. The number of hydrogen-bond acceptors (Lipinski definition) is 3. The second-order valence-corrected chi connectivity index (χ2v) is 6.49. The number of urea groups is 1. The number of carbonyl (C=O) groups is 2. The van der Waals surface area contributed by atoms with Gasteiger partial charge in [0.05, 0.1) is 23.5 Å². The van der Waals surface area contributed by atoms with Crippen LogP contribution in [0, 0.1) is 18.7 Å². The van der Waals surface area contributed by atoms with Gasteiger partial charge in [-0.2, -0.15) is 5.10 Å². The van der Waals surface area contributed by atoms with Crippen LogP contribution in [0.1, 0.15) is 31.4 Å². The van der Waals surface area contributed by atoms with Crippen molar-refractivity contribution in [3.63, 3.8) is 0 Å². The SMILES string of the molecule is Cc1c(NC(=O)NC2CCC(C(=O)O)CC2)cnn1-c1ccccc1F. The molecule has 1 heterocycles. The van der Waals surface area contributed by atoms with Crippen molar-refractivity contribution in [3.8, 4) is 5.69 Å². The highest BCUT2D eigenvalue weighted by Gasteiger charge is 2.26. The molecule has 1 aliphatic rings. The zero-order valence-corrected chi connectivity index (χ0v) is 14.4. The first kappa shape index (κ1) is 17.9. The third-order valence-electron chi connectivity index (χ3n) is 4.75. The van der Waals surface area contributed by atoms with E-state index in [2.05, 4.69) is 15.7 Å². The van der Waals surface area contributed by atoms with Gasteiger partial charge in [-0.25, -0.2) is 13.9 Å². The van der Waals surface area contributed by atoms with E-state index < -0.39 is 11.8 Å². The number of nitrogens with one attached hydrogen (secondary N) is 2. The zero-order valence-electron chi connectivity index (χ0n) is 14.4. The van der Waals surface area contributed by atoms with Gasteiger partial charge in [0.2, 0.25) is 0 Å². The lowest BCUT2D eigenvalue weighted by atomic mass is 9.86. The predicted molar refractivity (Wildman–Crippen MR) is 93.8 cm³/mol. The fourth-order valence-electron chi connectivity index (χ4n) is 3.23. The third-order valence-corrected chi connectivity index (χ3v) is 4.75. The minimum Gasteiger partial charge on any atom is -0.481 e. The van der Waals surface area contributed by atoms with Crippen molar-refractivity contribution in [1.29, 1.82) is 0 Å². The number of nitrogens with zero attached hydrogens (tertiary/aromatic N) is 2. The molecule has 1 aromatic heterocycles. The zero-order chi connectivity index (χ0) is 18.7. The van der Waals surface area contributed by atoms with Gasteiger partial charge in [-0.05, 0) is 44.7 Å². The van der Waals surface area contributed by atoms with E-state index in [9.17, 15) is 14.0 Å². The second kappa shape index (κ2) is 7.55. The average Bonchev–Trinajstić information content (AvgIpc) is 2.96. The molecular weight excluding hydrogens is 339 g/mol. The number of rotatable bonds is 4. The van der Waals surface area contributed by atoms with Gasteiger partial charge >= 0.3 is 12.0 Å². The number of halogens is 1. The summed E-state index contributed by atoms with van der Waals surface area (Å²) in [7, 11) is 0. The standard InChI is InChI=1S/C18H21FN4O3/c1-11-15(10-20-23(11)16-5-3-2-4-14(16)19)22-18(26)21-13-8-6-12(7-9-13)17(24)25/h2-5,10,12-13H,6-9H2,1H3,(H,24,25)(H2,21,22,26). The molecule has 2 amide bonds. The molecule has 1 aromatic carbocycles. The summed E-state index contributed by atoms with van der Waals surface area (Å²) in [5.74, 6) is -1.49. The molecule has 8 heteroatoms. The topological polar surface area (TPSA) is 96.2 Å². The highest BCUT2D eigenvalue weighted by Crippen LogP contribution is 2.25. The van der Waals surface area contributed by atoms with Gasteiger partial charge in [-0.1, -0.05) is 12.1 Å². The summed E-state index contributed by atoms with van der Waals surface area (Å²) < 4.78 is 15.4. The largest absolute Gasteiger partial charge is 0.481 e. The fraction of sp³-hybridized carbons (Fsp3) is 0.389. The highest BCUT2D eigenvalue weighted by molar-refractivity contribution is 5.90. The van der Waals surface area contributed by atoms with Crippen LogP contribution in [-0.2, 0) is 4.79 Å². The summed E-state index contributed by atoms with van der Waals surface area (Å²) >= 11 is 0. The molecular formula is C18H21FN4O3. The van der Waals surface area contributed by atoms with Gasteiger partial charge in [0.1, 0.15) is 11.5 Å². The number of aliphatic carboxylic acids is 1. The Bertz CT molecular complexity index is 813. The number of aromatic nitrogens is 2. The number of amides is 2. The molecule has 0 aliphatic heterocycles. The Kier molecular flexibility index (Phi) is 5.20. The number of anilines is 1. The van der Waals surface area contributed by atoms with Crippen LogP contribution in [0.2, 0.25) is 0 Å². The van der Waals surface area contributed by atoms with Crippen molar-refractivity contribution in [2.75, 3.05) is 5.32 Å². The van der Waals surface area contributed by atoms with E-state index in [1.165, 1.54) is 16.9 Å². The van der Waals surface area contributed by atoms with Crippen LogP contribution in [0.15, 0.2) is 30.5 Å². The molecule has 1 aliphatic carbocycles. The van der Waals surface area contributed by atoms with Crippen LogP contribution >= 0.6 is 0 Å². The van der Waals surface area contributed by atoms with Gasteiger partial charge in [0.25, 0.3) is 0 Å². The van der Waals surface area contributed by atoms with Crippen molar-refractivity contribution in [2.24, 2.45) is 5.92 Å². The molecule has 3 N–H and O–H groups in total. The summed E-state index contributed by atoms with van der Waals surface area (Å²) in [5, 5.41) is 18.7. The maximum Gasteiger partial charge on any atom is 0.319 e. The van der Waals surface area contributed by atoms with Gasteiger partial charge in [-0.15, -0.1) is 0 Å². The lowest BCUT2D eigenvalue weighted by Gasteiger charge is -2.26. The second-order valence-electron chi connectivity index (χ2n) is 6.49. The summed E-state index contributed by atoms with van der Waals surface area (Å²) in [6, 6.07) is 5.85. The summed E-state index contributed by atoms with van der Waals surface area (Å²) in [4.78, 5) is 23.2. The molecule has 0 bridgehead atoms. The van der Waals surface area contributed by atoms with E-state index in [0.717, 1.165) is 0 Å². The van der Waals surface area contributed by atoms with Crippen LogP contribution in [-0.4, -0.2) is 32.9 Å². The Morgan fingerprint density at radius 3 is 2.58 bits per heavy atom. The Hall–Kier alpha value is -2.90. The van der Waals surface area contributed by atoms with Crippen molar-refractivity contribution < 1.29 is 19.1 Å². The number of para-hydroxylation sites is 1. The first-order valence-electron chi connectivity index (χ1n) is 8.55. The number of benzene rings is 1. The van der Waals surface area contributed by atoms with E-state index in [1.807, 2.05) is 0 Å².